The molecule has 100 valence electrons. The van der Waals surface area contributed by atoms with Gasteiger partial charge in [-0.1, -0.05) is 17.7 Å². The summed E-state index contributed by atoms with van der Waals surface area (Å²) < 4.78 is 0.840. The predicted molar refractivity (Wildman–Crippen MR) is 85.7 cm³/mol. The smallest absolute Gasteiger partial charge is 0.144 e. The van der Waals surface area contributed by atoms with E-state index in [-0.39, 0.29) is 0 Å². The molecule has 2 rings (SSSR count). The zero-order valence-electron chi connectivity index (χ0n) is 11.0. The van der Waals surface area contributed by atoms with Crippen LogP contribution in [0, 0.1) is 6.92 Å². The summed E-state index contributed by atoms with van der Waals surface area (Å²) in [5.41, 5.74) is 3.40. The van der Waals surface area contributed by atoms with Crippen LogP contribution >= 0.6 is 27.5 Å². The van der Waals surface area contributed by atoms with Gasteiger partial charge in [0.25, 0.3) is 0 Å². The van der Waals surface area contributed by atoms with Crippen LogP contribution in [-0.4, -0.2) is 19.1 Å². The Hall–Kier alpha value is -1.26. The summed E-state index contributed by atoms with van der Waals surface area (Å²) >= 11 is 9.33. The van der Waals surface area contributed by atoms with Crippen molar-refractivity contribution in [2.45, 2.75) is 6.92 Å². The van der Waals surface area contributed by atoms with Gasteiger partial charge in [0, 0.05) is 31.7 Å². The van der Waals surface area contributed by atoms with Gasteiger partial charge in [-0.25, -0.2) is 4.98 Å². The van der Waals surface area contributed by atoms with Crippen LogP contribution in [0.15, 0.2) is 34.9 Å². The SMILES string of the molecule is Cc1ccc(Nc2ncc(Cl)cc2Br)cc1N(C)C. The number of nitrogens with zero attached hydrogens (tertiary/aromatic N) is 2. The van der Waals surface area contributed by atoms with Gasteiger partial charge in [0.1, 0.15) is 5.82 Å². The lowest BCUT2D eigenvalue weighted by Gasteiger charge is -2.17. The van der Waals surface area contributed by atoms with E-state index >= 15 is 0 Å². The molecule has 0 radical (unpaired) electrons. The average Bonchev–Trinajstić information content (AvgIpc) is 2.34. The molecule has 0 aliphatic rings. The summed E-state index contributed by atoms with van der Waals surface area (Å²) in [6, 6.07) is 8.03. The van der Waals surface area contributed by atoms with E-state index < -0.39 is 0 Å². The average molecular weight is 341 g/mol. The molecule has 3 nitrogen and oxygen atoms in total. The summed E-state index contributed by atoms with van der Waals surface area (Å²) in [6.07, 6.45) is 1.62. The van der Waals surface area contributed by atoms with Crippen LogP contribution < -0.4 is 10.2 Å². The molecule has 0 amide bonds. The molecule has 1 heterocycles. The zero-order chi connectivity index (χ0) is 14.0. The number of aromatic nitrogens is 1. The fraction of sp³-hybridized carbons (Fsp3) is 0.214. The van der Waals surface area contributed by atoms with Crippen molar-refractivity contribution in [2.75, 3.05) is 24.3 Å². The molecular formula is C14H15BrClN3. The highest BCUT2D eigenvalue weighted by atomic mass is 79.9. The van der Waals surface area contributed by atoms with Gasteiger partial charge >= 0.3 is 0 Å². The standard InChI is InChI=1S/C14H15BrClN3/c1-9-4-5-11(7-13(9)19(2)3)18-14-12(15)6-10(16)8-17-14/h4-8H,1-3H3,(H,17,18). The third-order valence-corrected chi connectivity index (χ3v) is 3.57. The molecule has 0 unspecified atom stereocenters. The monoisotopic (exact) mass is 339 g/mol. The molecule has 0 saturated heterocycles. The number of rotatable bonds is 3. The molecule has 0 spiro atoms. The number of benzene rings is 1. The van der Waals surface area contributed by atoms with Gasteiger partial charge < -0.3 is 10.2 Å². The van der Waals surface area contributed by atoms with Gasteiger partial charge in [0.05, 0.1) is 9.50 Å². The molecule has 0 aliphatic carbocycles. The van der Waals surface area contributed by atoms with E-state index in [1.165, 1.54) is 11.3 Å². The second kappa shape index (κ2) is 5.80. The van der Waals surface area contributed by atoms with Crippen LogP contribution in [0.5, 0.6) is 0 Å². The number of anilines is 3. The normalized spacial score (nSPS) is 10.4. The highest BCUT2D eigenvalue weighted by molar-refractivity contribution is 9.10. The maximum atomic E-state index is 5.88. The largest absolute Gasteiger partial charge is 0.377 e. The first-order chi connectivity index (χ1) is 8.97. The number of hydrogen-bond donors (Lipinski definition) is 1. The molecule has 0 aliphatic heterocycles. The van der Waals surface area contributed by atoms with Crippen LogP contribution in [0.3, 0.4) is 0 Å². The Morgan fingerprint density at radius 3 is 2.63 bits per heavy atom. The molecule has 0 fully saturated rings. The van der Waals surface area contributed by atoms with E-state index in [0.29, 0.717) is 5.02 Å². The number of hydrogen-bond acceptors (Lipinski definition) is 3. The fourth-order valence-corrected chi connectivity index (χ4v) is 2.55. The molecule has 0 bridgehead atoms. The molecule has 2 aromatic rings. The van der Waals surface area contributed by atoms with Crippen molar-refractivity contribution in [3.05, 3.63) is 45.5 Å². The van der Waals surface area contributed by atoms with Crippen LogP contribution in [0.2, 0.25) is 5.02 Å². The Bertz CT molecular complexity index is 599. The van der Waals surface area contributed by atoms with Gasteiger partial charge in [0.15, 0.2) is 0 Å². The summed E-state index contributed by atoms with van der Waals surface area (Å²) in [4.78, 5) is 6.35. The van der Waals surface area contributed by atoms with Crippen LogP contribution in [0.1, 0.15) is 5.56 Å². The quantitative estimate of drug-likeness (QED) is 0.884. The lowest BCUT2D eigenvalue weighted by molar-refractivity contribution is 1.11. The van der Waals surface area contributed by atoms with Gasteiger partial charge in [-0.15, -0.1) is 0 Å². The Morgan fingerprint density at radius 2 is 2.00 bits per heavy atom. The molecular weight excluding hydrogens is 326 g/mol. The zero-order valence-corrected chi connectivity index (χ0v) is 13.4. The maximum Gasteiger partial charge on any atom is 0.144 e. The molecule has 1 N–H and O–H groups in total. The highest BCUT2D eigenvalue weighted by Gasteiger charge is 2.06. The van der Waals surface area contributed by atoms with Crippen LogP contribution in [-0.2, 0) is 0 Å². The van der Waals surface area contributed by atoms with Crippen LogP contribution in [0.4, 0.5) is 17.2 Å². The lowest BCUT2D eigenvalue weighted by Crippen LogP contribution is -2.10. The number of aryl methyl sites for hydroxylation is 1. The second-order valence-electron chi connectivity index (χ2n) is 4.50. The van der Waals surface area contributed by atoms with E-state index in [9.17, 15) is 0 Å². The van der Waals surface area contributed by atoms with Gasteiger partial charge in [-0.2, -0.15) is 0 Å². The summed E-state index contributed by atoms with van der Waals surface area (Å²) in [7, 11) is 4.06. The minimum Gasteiger partial charge on any atom is -0.377 e. The molecule has 0 saturated carbocycles. The molecule has 1 aromatic carbocycles. The summed E-state index contributed by atoms with van der Waals surface area (Å²) in [5.74, 6) is 0.748. The van der Waals surface area contributed by atoms with E-state index in [2.05, 4.69) is 50.2 Å². The van der Waals surface area contributed by atoms with Gasteiger partial charge in [-0.05, 0) is 46.6 Å². The fourth-order valence-electron chi connectivity index (χ4n) is 1.81. The Morgan fingerprint density at radius 1 is 1.26 bits per heavy atom. The van der Waals surface area contributed by atoms with Crippen LogP contribution in [0.25, 0.3) is 0 Å². The number of nitrogens with one attached hydrogen (secondary N) is 1. The van der Waals surface area contributed by atoms with Crippen molar-refractivity contribution < 1.29 is 0 Å². The van der Waals surface area contributed by atoms with E-state index in [1.54, 1.807) is 6.20 Å². The third kappa shape index (κ3) is 3.39. The number of pyridine rings is 1. The minimum atomic E-state index is 0.607. The van der Waals surface area contributed by atoms with E-state index in [4.69, 9.17) is 11.6 Å². The number of halogens is 2. The Labute approximate surface area is 126 Å². The van der Waals surface area contributed by atoms with Crippen molar-refractivity contribution in [3.63, 3.8) is 0 Å². The maximum absolute atomic E-state index is 5.88. The minimum absolute atomic E-state index is 0.607. The highest BCUT2D eigenvalue weighted by Crippen LogP contribution is 2.28. The molecule has 1 aromatic heterocycles. The predicted octanol–water partition coefficient (Wildman–Crippen LogP) is 4.62. The van der Waals surface area contributed by atoms with Gasteiger partial charge in [0.2, 0.25) is 0 Å². The van der Waals surface area contributed by atoms with Crippen molar-refractivity contribution >= 4 is 44.7 Å². The first kappa shape index (κ1) is 14.2. The first-order valence-electron chi connectivity index (χ1n) is 5.83. The Balaban J connectivity index is 2.31. The van der Waals surface area contributed by atoms with Crippen molar-refractivity contribution in [1.82, 2.24) is 4.98 Å². The Kier molecular flexibility index (Phi) is 4.32. The second-order valence-corrected chi connectivity index (χ2v) is 5.80. The third-order valence-electron chi connectivity index (χ3n) is 2.76. The molecule has 5 heteroatoms. The van der Waals surface area contributed by atoms with Crippen molar-refractivity contribution in [2.24, 2.45) is 0 Å². The topological polar surface area (TPSA) is 28.2 Å². The summed E-state index contributed by atoms with van der Waals surface area (Å²) in [5, 5.41) is 3.89. The first-order valence-corrected chi connectivity index (χ1v) is 7.00. The van der Waals surface area contributed by atoms with Crippen molar-refractivity contribution in [3.8, 4) is 0 Å². The van der Waals surface area contributed by atoms with Gasteiger partial charge in [-0.3, -0.25) is 0 Å². The lowest BCUT2D eigenvalue weighted by atomic mass is 10.1. The van der Waals surface area contributed by atoms with E-state index in [1.807, 2.05) is 26.2 Å². The molecule has 0 atom stereocenters. The van der Waals surface area contributed by atoms with E-state index in [0.717, 1.165) is 16.0 Å². The molecule has 19 heavy (non-hydrogen) atoms. The van der Waals surface area contributed by atoms with Crippen molar-refractivity contribution in [1.29, 1.82) is 0 Å². The summed E-state index contributed by atoms with van der Waals surface area (Å²) in [6.45, 7) is 2.09.